The number of hydrogen-bond acceptors (Lipinski definition) is 3. The lowest BCUT2D eigenvalue weighted by molar-refractivity contribution is 0.0354. The van der Waals surface area contributed by atoms with Gasteiger partial charge in [0.1, 0.15) is 0 Å². The first-order valence-electron chi connectivity index (χ1n) is 6.29. The predicted molar refractivity (Wildman–Crippen MR) is 59.9 cm³/mol. The van der Waals surface area contributed by atoms with Crippen LogP contribution in [0.15, 0.2) is 0 Å². The molecule has 0 spiro atoms. The minimum absolute atomic E-state index is 0.0665. The Bertz CT molecular complexity index is 198. The second kappa shape index (κ2) is 5.28. The van der Waals surface area contributed by atoms with Crippen LogP contribution < -0.4 is 0 Å². The van der Waals surface area contributed by atoms with Crippen LogP contribution in [0.3, 0.4) is 0 Å². The van der Waals surface area contributed by atoms with Crippen molar-refractivity contribution < 1.29 is 9.84 Å². The van der Waals surface area contributed by atoms with Gasteiger partial charge in [-0.1, -0.05) is 0 Å². The van der Waals surface area contributed by atoms with E-state index in [2.05, 4.69) is 11.8 Å². The Labute approximate surface area is 92.4 Å². The van der Waals surface area contributed by atoms with E-state index in [1.165, 1.54) is 12.8 Å². The van der Waals surface area contributed by atoms with Crippen molar-refractivity contribution in [2.24, 2.45) is 0 Å². The molecule has 3 heteroatoms. The summed E-state index contributed by atoms with van der Waals surface area (Å²) < 4.78 is 5.65. The van der Waals surface area contributed by atoms with Gasteiger partial charge in [0.25, 0.3) is 0 Å². The minimum Gasteiger partial charge on any atom is -0.393 e. The molecule has 88 valence electrons. The van der Waals surface area contributed by atoms with Crippen molar-refractivity contribution in [2.75, 3.05) is 19.7 Å². The summed E-state index contributed by atoms with van der Waals surface area (Å²) in [6, 6.07) is 0.595. The summed E-state index contributed by atoms with van der Waals surface area (Å²) >= 11 is 0. The Hall–Kier alpha value is -0.120. The highest BCUT2D eigenvalue weighted by Gasteiger charge is 2.27. The first-order valence-corrected chi connectivity index (χ1v) is 6.29. The molecule has 2 fully saturated rings. The standard InChI is InChI=1S/C12H23NO2/c1-10-9-13(6-3-7-15-10)11-4-2-5-12(14)8-11/h10-12,14H,2-9H2,1H3. The monoisotopic (exact) mass is 213 g/mol. The fraction of sp³-hybridized carbons (Fsp3) is 1.00. The molecule has 0 aromatic carbocycles. The molecule has 3 nitrogen and oxygen atoms in total. The van der Waals surface area contributed by atoms with Crippen molar-refractivity contribution in [3.8, 4) is 0 Å². The van der Waals surface area contributed by atoms with E-state index in [9.17, 15) is 5.11 Å². The fourth-order valence-corrected chi connectivity index (χ4v) is 2.83. The molecule has 3 unspecified atom stereocenters. The second-order valence-electron chi connectivity index (χ2n) is 5.00. The third-order valence-corrected chi connectivity index (χ3v) is 3.62. The van der Waals surface area contributed by atoms with E-state index in [4.69, 9.17) is 4.74 Å². The Morgan fingerprint density at radius 1 is 1.27 bits per heavy atom. The Morgan fingerprint density at radius 3 is 2.93 bits per heavy atom. The van der Waals surface area contributed by atoms with Crippen LogP contribution >= 0.6 is 0 Å². The lowest BCUT2D eigenvalue weighted by Gasteiger charge is -2.35. The van der Waals surface area contributed by atoms with Gasteiger partial charge in [0.05, 0.1) is 12.2 Å². The molecule has 0 amide bonds. The molecule has 2 rings (SSSR count). The largest absolute Gasteiger partial charge is 0.393 e. The first kappa shape index (κ1) is 11.4. The maximum absolute atomic E-state index is 9.69. The third-order valence-electron chi connectivity index (χ3n) is 3.62. The molecule has 1 aliphatic heterocycles. The summed E-state index contributed by atoms with van der Waals surface area (Å²) in [6.45, 7) is 5.23. The Kier molecular flexibility index (Phi) is 4.00. The molecular formula is C12H23NO2. The van der Waals surface area contributed by atoms with Crippen molar-refractivity contribution >= 4 is 0 Å². The zero-order valence-corrected chi connectivity index (χ0v) is 9.69. The average molecular weight is 213 g/mol. The summed E-state index contributed by atoms with van der Waals surface area (Å²) in [5.41, 5.74) is 0. The number of aliphatic hydroxyl groups is 1. The van der Waals surface area contributed by atoms with Crippen LogP contribution in [-0.2, 0) is 4.74 Å². The third kappa shape index (κ3) is 3.16. The van der Waals surface area contributed by atoms with Crippen LogP contribution in [0.4, 0.5) is 0 Å². The molecule has 1 aliphatic carbocycles. The van der Waals surface area contributed by atoms with Crippen molar-refractivity contribution in [3.63, 3.8) is 0 Å². The zero-order valence-electron chi connectivity index (χ0n) is 9.69. The smallest absolute Gasteiger partial charge is 0.0674 e. The van der Waals surface area contributed by atoms with Crippen LogP contribution in [0.1, 0.15) is 39.0 Å². The summed E-state index contributed by atoms with van der Waals surface area (Å²) in [5, 5.41) is 9.69. The van der Waals surface area contributed by atoms with E-state index in [0.717, 1.165) is 39.0 Å². The van der Waals surface area contributed by atoms with E-state index >= 15 is 0 Å². The van der Waals surface area contributed by atoms with Crippen molar-refractivity contribution in [3.05, 3.63) is 0 Å². The Morgan fingerprint density at radius 2 is 2.13 bits per heavy atom. The van der Waals surface area contributed by atoms with Gasteiger partial charge in [-0.15, -0.1) is 0 Å². The molecule has 0 aromatic heterocycles. The van der Waals surface area contributed by atoms with Gasteiger partial charge in [-0.25, -0.2) is 0 Å². The number of aliphatic hydroxyl groups excluding tert-OH is 1. The minimum atomic E-state index is -0.0665. The van der Waals surface area contributed by atoms with Crippen molar-refractivity contribution in [1.29, 1.82) is 0 Å². The van der Waals surface area contributed by atoms with E-state index in [1.54, 1.807) is 0 Å². The van der Waals surface area contributed by atoms with Gasteiger partial charge >= 0.3 is 0 Å². The number of hydrogen-bond donors (Lipinski definition) is 1. The molecule has 1 saturated heterocycles. The molecule has 0 bridgehead atoms. The molecule has 3 atom stereocenters. The van der Waals surface area contributed by atoms with E-state index in [-0.39, 0.29) is 6.10 Å². The topological polar surface area (TPSA) is 32.7 Å². The molecule has 2 aliphatic rings. The van der Waals surface area contributed by atoms with E-state index in [0.29, 0.717) is 12.1 Å². The normalized spacial score (nSPS) is 40.0. The van der Waals surface area contributed by atoms with E-state index in [1.807, 2.05) is 0 Å². The molecule has 1 N–H and O–H groups in total. The van der Waals surface area contributed by atoms with Crippen LogP contribution in [0.2, 0.25) is 0 Å². The van der Waals surface area contributed by atoms with Gasteiger partial charge < -0.3 is 9.84 Å². The SMILES string of the molecule is CC1CN(C2CCCC(O)C2)CCCO1. The number of ether oxygens (including phenoxy) is 1. The van der Waals surface area contributed by atoms with E-state index < -0.39 is 0 Å². The van der Waals surface area contributed by atoms with Gasteiger partial charge in [0.15, 0.2) is 0 Å². The zero-order chi connectivity index (χ0) is 10.7. The highest BCUT2D eigenvalue weighted by molar-refractivity contribution is 4.82. The molecule has 0 radical (unpaired) electrons. The molecular weight excluding hydrogens is 190 g/mol. The van der Waals surface area contributed by atoms with Crippen LogP contribution in [0.25, 0.3) is 0 Å². The summed E-state index contributed by atoms with van der Waals surface area (Å²) in [6.07, 6.45) is 5.82. The lowest BCUT2D eigenvalue weighted by atomic mass is 9.91. The van der Waals surface area contributed by atoms with Gasteiger partial charge in [-0.05, 0) is 39.0 Å². The van der Waals surface area contributed by atoms with Crippen LogP contribution in [0, 0.1) is 0 Å². The summed E-state index contributed by atoms with van der Waals surface area (Å²) in [7, 11) is 0. The Balaban J connectivity index is 1.89. The summed E-state index contributed by atoms with van der Waals surface area (Å²) in [5.74, 6) is 0. The molecule has 1 heterocycles. The molecule has 1 saturated carbocycles. The van der Waals surface area contributed by atoms with Crippen LogP contribution in [-0.4, -0.2) is 48.0 Å². The lowest BCUT2D eigenvalue weighted by Crippen LogP contribution is -2.43. The highest BCUT2D eigenvalue weighted by Crippen LogP contribution is 2.24. The first-order chi connectivity index (χ1) is 7.25. The van der Waals surface area contributed by atoms with Gasteiger partial charge in [-0.2, -0.15) is 0 Å². The maximum atomic E-state index is 9.69. The van der Waals surface area contributed by atoms with Crippen molar-refractivity contribution in [2.45, 2.75) is 57.3 Å². The summed E-state index contributed by atoms with van der Waals surface area (Å²) in [4.78, 5) is 2.53. The highest BCUT2D eigenvalue weighted by atomic mass is 16.5. The van der Waals surface area contributed by atoms with Gasteiger partial charge in [-0.3, -0.25) is 4.90 Å². The molecule has 0 aromatic rings. The maximum Gasteiger partial charge on any atom is 0.0674 e. The fourth-order valence-electron chi connectivity index (χ4n) is 2.83. The van der Waals surface area contributed by atoms with Gasteiger partial charge in [0.2, 0.25) is 0 Å². The molecule has 15 heavy (non-hydrogen) atoms. The predicted octanol–water partition coefficient (Wildman–Crippen LogP) is 1.40. The number of rotatable bonds is 1. The number of nitrogens with zero attached hydrogens (tertiary/aromatic N) is 1. The van der Waals surface area contributed by atoms with Crippen molar-refractivity contribution in [1.82, 2.24) is 4.90 Å². The van der Waals surface area contributed by atoms with Crippen LogP contribution in [0.5, 0.6) is 0 Å². The second-order valence-corrected chi connectivity index (χ2v) is 5.00. The quantitative estimate of drug-likeness (QED) is 0.714. The average Bonchev–Trinajstić information content (AvgIpc) is 2.43. The van der Waals surface area contributed by atoms with Gasteiger partial charge in [0, 0.05) is 25.7 Å².